The lowest BCUT2D eigenvalue weighted by Gasteiger charge is -2.30. The van der Waals surface area contributed by atoms with E-state index in [0.29, 0.717) is 11.8 Å². The number of aliphatic hydroxyl groups is 1. The van der Waals surface area contributed by atoms with Crippen molar-refractivity contribution in [1.82, 2.24) is 0 Å². The molecule has 0 unspecified atom stereocenters. The van der Waals surface area contributed by atoms with Gasteiger partial charge in [-0.05, 0) is 113 Å². The van der Waals surface area contributed by atoms with Gasteiger partial charge in [0, 0.05) is 0 Å². The maximum Gasteiger partial charge on any atom is 0.0653 e. The Morgan fingerprint density at radius 1 is 0.707 bits per heavy atom. The second-order valence-electron chi connectivity index (χ2n) is 12.5. The zero-order chi connectivity index (χ0) is 30.8. The van der Waals surface area contributed by atoms with Gasteiger partial charge in [0.15, 0.2) is 0 Å². The molecule has 0 aromatic heterocycles. The van der Waals surface area contributed by atoms with Gasteiger partial charge >= 0.3 is 0 Å². The number of hydrogen-bond acceptors (Lipinski definition) is 1. The monoisotopic (exact) mass is 554 g/mol. The third kappa shape index (κ3) is 16.2. The highest BCUT2D eigenvalue weighted by Crippen LogP contribution is 2.45. The molecule has 3 atom stereocenters. The molecule has 0 heterocycles. The second kappa shape index (κ2) is 19.3. The molecule has 0 amide bonds. The molecule has 1 heteroatoms. The van der Waals surface area contributed by atoms with Crippen molar-refractivity contribution in [2.45, 2.75) is 106 Å². The molecule has 1 saturated carbocycles. The topological polar surface area (TPSA) is 20.2 Å². The Balaban J connectivity index is 2.53. The SMILES string of the molecule is C=C(C)[C@@H]1CC[C@@](C)(O)[C@H]1CC/C(C)=C/C=C/C(C)=C/C=C/C=C(C)/C=C/C=C(C)/C=C/C=C(\C)CCC=C(C)C. The van der Waals surface area contributed by atoms with Crippen molar-refractivity contribution in [2.24, 2.45) is 11.8 Å². The fourth-order valence-corrected chi connectivity index (χ4v) is 5.17. The van der Waals surface area contributed by atoms with Crippen molar-refractivity contribution in [1.29, 1.82) is 0 Å². The highest BCUT2D eigenvalue weighted by Gasteiger charge is 2.43. The van der Waals surface area contributed by atoms with Gasteiger partial charge in [0.05, 0.1) is 5.60 Å². The van der Waals surface area contributed by atoms with E-state index < -0.39 is 5.60 Å². The molecule has 224 valence electrons. The van der Waals surface area contributed by atoms with Crippen LogP contribution in [-0.4, -0.2) is 10.7 Å². The summed E-state index contributed by atoms with van der Waals surface area (Å²) >= 11 is 0. The van der Waals surface area contributed by atoms with Crippen molar-refractivity contribution in [2.75, 3.05) is 0 Å². The molecule has 0 bridgehead atoms. The van der Waals surface area contributed by atoms with Crippen molar-refractivity contribution < 1.29 is 5.11 Å². The zero-order valence-corrected chi connectivity index (χ0v) is 27.6. The Morgan fingerprint density at radius 3 is 1.66 bits per heavy atom. The first-order chi connectivity index (χ1) is 19.3. The minimum Gasteiger partial charge on any atom is -0.390 e. The van der Waals surface area contributed by atoms with Crippen LogP contribution in [0.1, 0.15) is 101 Å². The Kier molecular flexibility index (Phi) is 17.0. The molecule has 1 aliphatic rings. The van der Waals surface area contributed by atoms with Gasteiger partial charge in [0.1, 0.15) is 0 Å². The quantitative estimate of drug-likeness (QED) is 0.158. The summed E-state index contributed by atoms with van der Waals surface area (Å²) in [6.45, 7) is 23.3. The number of allylic oxidation sites excluding steroid dienone is 21. The molecule has 1 fully saturated rings. The van der Waals surface area contributed by atoms with Gasteiger partial charge < -0.3 is 5.11 Å². The van der Waals surface area contributed by atoms with E-state index in [0.717, 1.165) is 38.5 Å². The van der Waals surface area contributed by atoms with Gasteiger partial charge in [0.2, 0.25) is 0 Å². The average molecular weight is 555 g/mol. The van der Waals surface area contributed by atoms with Gasteiger partial charge in [-0.1, -0.05) is 131 Å². The number of hydrogen-bond donors (Lipinski definition) is 1. The Hall–Kier alpha value is -2.90. The van der Waals surface area contributed by atoms with Gasteiger partial charge in [0.25, 0.3) is 0 Å². The highest BCUT2D eigenvalue weighted by molar-refractivity contribution is 5.31. The van der Waals surface area contributed by atoms with Crippen LogP contribution in [0.4, 0.5) is 0 Å². The van der Waals surface area contributed by atoms with Crippen LogP contribution in [0, 0.1) is 11.8 Å². The van der Waals surface area contributed by atoms with Gasteiger partial charge in [-0.3, -0.25) is 0 Å². The van der Waals surface area contributed by atoms with Gasteiger partial charge in [-0.25, -0.2) is 0 Å². The molecule has 41 heavy (non-hydrogen) atoms. The van der Waals surface area contributed by atoms with Crippen LogP contribution in [0.15, 0.2) is 131 Å². The highest BCUT2D eigenvalue weighted by atomic mass is 16.3. The van der Waals surface area contributed by atoms with Crippen molar-refractivity contribution in [3.05, 3.63) is 131 Å². The van der Waals surface area contributed by atoms with E-state index in [4.69, 9.17) is 0 Å². The van der Waals surface area contributed by atoms with Crippen molar-refractivity contribution in [3.63, 3.8) is 0 Å². The van der Waals surface area contributed by atoms with E-state index >= 15 is 0 Å². The first-order valence-corrected chi connectivity index (χ1v) is 15.4. The molecule has 1 nitrogen and oxygen atoms in total. The first-order valence-electron chi connectivity index (χ1n) is 15.4. The van der Waals surface area contributed by atoms with E-state index in [-0.39, 0.29) is 0 Å². The molecule has 1 rings (SSSR count). The Bertz CT molecular complexity index is 1140. The molecule has 1 N–H and O–H groups in total. The summed E-state index contributed by atoms with van der Waals surface area (Å²) in [6.07, 6.45) is 36.3. The van der Waals surface area contributed by atoms with Gasteiger partial charge in [-0.15, -0.1) is 0 Å². The summed E-state index contributed by atoms with van der Waals surface area (Å²) in [4.78, 5) is 0. The summed E-state index contributed by atoms with van der Waals surface area (Å²) in [5.41, 5.74) is 8.43. The van der Waals surface area contributed by atoms with Crippen molar-refractivity contribution in [3.8, 4) is 0 Å². The van der Waals surface area contributed by atoms with Crippen molar-refractivity contribution >= 4 is 0 Å². The van der Waals surface area contributed by atoms with Crippen LogP contribution in [0.3, 0.4) is 0 Å². The lowest BCUT2D eigenvalue weighted by Crippen LogP contribution is -2.32. The predicted molar refractivity (Wildman–Crippen MR) is 185 cm³/mol. The summed E-state index contributed by atoms with van der Waals surface area (Å²) in [6, 6.07) is 0. The molecule has 0 aliphatic heterocycles. The zero-order valence-electron chi connectivity index (χ0n) is 27.6. The smallest absolute Gasteiger partial charge is 0.0653 e. The fourth-order valence-electron chi connectivity index (χ4n) is 5.17. The van der Waals surface area contributed by atoms with Gasteiger partial charge in [-0.2, -0.15) is 0 Å². The lowest BCUT2D eigenvalue weighted by molar-refractivity contribution is 0.0104. The summed E-state index contributed by atoms with van der Waals surface area (Å²) in [7, 11) is 0. The predicted octanol–water partition coefficient (Wildman–Crippen LogP) is 11.8. The van der Waals surface area contributed by atoms with Crippen LogP contribution >= 0.6 is 0 Å². The van der Waals surface area contributed by atoms with E-state index in [1.165, 1.54) is 39.0 Å². The van der Waals surface area contributed by atoms with E-state index in [1.807, 2.05) is 6.92 Å². The van der Waals surface area contributed by atoms with Crippen LogP contribution in [0.25, 0.3) is 0 Å². The van der Waals surface area contributed by atoms with Crippen LogP contribution in [0.5, 0.6) is 0 Å². The molecular weight excluding hydrogens is 496 g/mol. The maximum absolute atomic E-state index is 10.8. The molecule has 0 aromatic carbocycles. The van der Waals surface area contributed by atoms with E-state index in [2.05, 4.69) is 147 Å². The largest absolute Gasteiger partial charge is 0.390 e. The lowest BCUT2D eigenvalue weighted by atomic mass is 9.80. The third-order valence-corrected chi connectivity index (χ3v) is 7.85. The van der Waals surface area contributed by atoms with E-state index in [1.54, 1.807) is 0 Å². The third-order valence-electron chi connectivity index (χ3n) is 7.85. The molecular formula is C40H58O. The second-order valence-corrected chi connectivity index (χ2v) is 12.5. The van der Waals surface area contributed by atoms with Crippen LogP contribution in [0.2, 0.25) is 0 Å². The standard InChI is InChI=1S/C40H58O/c1-31(2)17-13-20-35(7)23-15-25-36(8)24-14-21-33(5)18-11-12-19-34(6)22-16-26-37(9)27-28-39-38(32(3)4)29-30-40(39,10)41/h11-12,14-19,21-26,38-39,41H,3,13,20,27-30H2,1-2,4-10H3/b12-11+,21-14+,22-16+,25-15+,33-18+,34-19+,35-23+,36-24+,37-26+/t38-,39-,40+/m0/s1. The molecule has 0 aromatic rings. The first kappa shape index (κ1) is 36.1. The normalized spacial score (nSPS) is 23.6. The summed E-state index contributed by atoms with van der Waals surface area (Å²) in [5, 5.41) is 10.8. The molecule has 0 spiro atoms. The van der Waals surface area contributed by atoms with E-state index in [9.17, 15) is 5.11 Å². The fraction of sp³-hybridized carbons (Fsp3) is 0.450. The Labute approximate surface area is 253 Å². The minimum absolute atomic E-state index is 0.307. The van der Waals surface area contributed by atoms with Crippen LogP contribution < -0.4 is 0 Å². The Morgan fingerprint density at radius 2 is 1.17 bits per heavy atom. The molecule has 0 saturated heterocycles. The van der Waals surface area contributed by atoms with Crippen LogP contribution in [-0.2, 0) is 0 Å². The number of rotatable bonds is 15. The summed E-state index contributed by atoms with van der Waals surface area (Å²) < 4.78 is 0. The maximum atomic E-state index is 10.8. The average Bonchev–Trinajstić information content (AvgIpc) is 3.19. The minimum atomic E-state index is -0.567. The molecule has 1 aliphatic carbocycles. The summed E-state index contributed by atoms with van der Waals surface area (Å²) in [5.74, 6) is 0.752. The molecule has 0 radical (unpaired) electrons.